The molecule has 0 aliphatic carbocycles. The van der Waals surface area contributed by atoms with Crippen LogP contribution in [0.15, 0.2) is 243 Å². The predicted octanol–water partition coefficient (Wildman–Crippen LogP) is 18.1. The number of esters is 10. The van der Waals surface area contributed by atoms with Crippen LogP contribution in [0.25, 0.3) is 0 Å². The number of hydrogen-bond acceptors (Lipinski definition) is 30. The Bertz CT molecular complexity index is 5790. The highest BCUT2D eigenvalue weighted by atomic mass is 16.6. The van der Waals surface area contributed by atoms with Crippen LogP contribution in [0.3, 0.4) is 0 Å². The average molecular weight is 1810 g/mol. The Kier molecular flexibility index (Phi) is 30.2. The van der Waals surface area contributed by atoms with Crippen molar-refractivity contribution in [3.05, 3.63) is 243 Å². The normalized spacial score (nSPS) is 15.5. The summed E-state index contributed by atoms with van der Waals surface area (Å²) >= 11 is 0. The third kappa shape index (κ3) is 25.5. The van der Waals surface area contributed by atoms with E-state index in [1.54, 1.807) is 6.92 Å². The van der Waals surface area contributed by atoms with E-state index in [4.69, 9.17) is 47.4 Å². The lowest BCUT2D eigenvalue weighted by Crippen LogP contribution is -2.53. The molecule has 10 aromatic carbocycles. The van der Waals surface area contributed by atoms with Crippen LogP contribution < -0.4 is 47.4 Å². The van der Waals surface area contributed by atoms with Gasteiger partial charge in [0.2, 0.25) is 0 Å². The Balaban J connectivity index is 1.22. The van der Waals surface area contributed by atoms with Crippen LogP contribution in [0.5, 0.6) is 115 Å². The Morgan fingerprint density at radius 3 is 0.386 bits per heavy atom. The lowest BCUT2D eigenvalue weighted by atomic mass is 9.56. The molecular formula is C102H106O30. The zero-order valence-corrected chi connectivity index (χ0v) is 74.8. The second-order valence-corrected chi connectivity index (χ2v) is 36.7. The van der Waals surface area contributed by atoms with Crippen LogP contribution in [-0.2, 0) is 47.9 Å². The van der Waals surface area contributed by atoms with E-state index in [1.807, 2.05) is 0 Å². The molecule has 0 fully saturated rings. The smallest absolute Gasteiger partial charge is 0.317 e. The number of phenols is 10. The van der Waals surface area contributed by atoms with Gasteiger partial charge in [0.1, 0.15) is 115 Å². The number of carbonyl (C=O) groups is 10. The minimum absolute atomic E-state index is 0.0205. The summed E-state index contributed by atoms with van der Waals surface area (Å²) in [5.41, 5.74) is -22.8. The molecule has 10 N–H and O–H groups in total. The lowest BCUT2D eigenvalue weighted by Gasteiger charge is -2.47. The molecule has 10 aromatic rings. The van der Waals surface area contributed by atoms with Crippen molar-refractivity contribution in [2.24, 2.45) is 54.1 Å². The Labute approximate surface area is 761 Å². The maximum absolute atomic E-state index is 16.7. The zero-order chi connectivity index (χ0) is 96.7. The first-order valence-electron chi connectivity index (χ1n) is 42.0. The standard InChI is InChI=1S/C102H106O30/c1-13-94(4,84(114)124-74-36-16-64(104)17-37-74)55-96(6,86(116)126-76-40-20-66(106)21-41-76)57-98(8,88(118)128-78-44-24-68(108)25-45-78)59-100(10,90(120)130-80-48-28-70(110)29-49-80)61-102(12,92(122)132-82-52-32-72(112)33-53-82)62-101(11,91(121)131-81-50-30-71(111)31-51-81)60-99(9,89(119)129-79-46-26-69(109)27-47-79)58-97(7,87(117)127-77-42-22-67(107)23-43-77)56-95(5,85(115)125-75-38-18-65(105)19-39-75)54-93(2,3)83(113)123-73-34-14-63(103)15-35-73/h14-53,103-112H,13,54-62H2,1-12H3. The van der Waals surface area contributed by atoms with Crippen molar-refractivity contribution >= 4 is 59.7 Å². The van der Waals surface area contributed by atoms with Gasteiger partial charge < -0.3 is 98.4 Å². The number of benzene rings is 10. The first kappa shape index (κ1) is 99.1. The maximum atomic E-state index is 16.7. The highest BCUT2D eigenvalue weighted by Crippen LogP contribution is 2.58. The van der Waals surface area contributed by atoms with E-state index < -0.39 is 172 Å². The van der Waals surface area contributed by atoms with Gasteiger partial charge in [-0.2, -0.15) is 0 Å². The third-order valence-corrected chi connectivity index (χ3v) is 23.3. The van der Waals surface area contributed by atoms with E-state index >= 15 is 38.4 Å². The first-order chi connectivity index (χ1) is 61.9. The molecule has 9 unspecified atom stereocenters. The SMILES string of the molecule is CCC(C)(CC(C)(CC(C)(CC(C)(CC(C)(CC(C)(CC(C)(CC(C)(CC(C)(CC(C)(C)C(=O)Oc1ccc(O)cc1)C(=O)Oc1ccc(O)cc1)C(=O)Oc1ccc(O)cc1)C(=O)Oc1ccc(O)cc1)C(=O)Oc1ccc(O)cc1)C(=O)Oc1ccc(O)cc1)C(=O)Oc1ccc(O)cc1)C(=O)Oc1ccc(O)cc1)C(=O)Oc1ccc(O)cc1)C(=O)Oc1ccc(O)cc1. The molecule has 0 aliphatic rings. The first-order valence-corrected chi connectivity index (χ1v) is 42.0. The number of ether oxygens (including phenoxy) is 10. The fourth-order valence-corrected chi connectivity index (χ4v) is 17.4. The topological polar surface area (TPSA) is 465 Å². The van der Waals surface area contributed by atoms with Gasteiger partial charge in [0.05, 0.1) is 54.1 Å². The van der Waals surface area contributed by atoms with Crippen LogP contribution in [0.4, 0.5) is 0 Å². The van der Waals surface area contributed by atoms with E-state index in [0.29, 0.717) is 0 Å². The number of phenolic OH excluding ortho intramolecular Hbond substituents is 10. The van der Waals surface area contributed by atoms with Gasteiger partial charge in [-0.3, -0.25) is 47.9 Å². The largest absolute Gasteiger partial charge is 0.508 e. The molecule has 0 aromatic heterocycles. The third-order valence-electron chi connectivity index (χ3n) is 23.3. The van der Waals surface area contributed by atoms with Crippen molar-refractivity contribution in [2.75, 3.05) is 0 Å². The molecule has 694 valence electrons. The molecule has 30 nitrogen and oxygen atoms in total. The maximum Gasteiger partial charge on any atom is 0.317 e. The molecular weight excluding hydrogens is 1710 g/mol. The van der Waals surface area contributed by atoms with Crippen molar-refractivity contribution in [3.63, 3.8) is 0 Å². The minimum Gasteiger partial charge on any atom is -0.508 e. The molecule has 0 saturated carbocycles. The highest BCUT2D eigenvalue weighted by molar-refractivity contribution is 5.91. The fourth-order valence-electron chi connectivity index (χ4n) is 17.4. The molecule has 0 saturated heterocycles. The summed E-state index contributed by atoms with van der Waals surface area (Å²) in [5.74, 6) is -16.1. The van der Waals surface area contributed by atoms with E-state index in [2.05, 4.69) is 0 Å². The van der Waals surface area contributed by atoms with Crippen LogP contribution in [0, 0.1) is 54.1 Å². The van der Waals surface area contributed by atoms with Crippen molar-refractivity contribution in [3.8, 4) is 115 Å². The number of aromatic hydroxyl groups is 10. The summed E-state index contributed by atoms with van der Waals surface area (Å²) in [6.07, 6.45) is -7.67. The molecule has 0 heterocycles. The summed E-state index contributed by atoms with van der Waals surface area (Å²) in [7, 11) is 0. The predicted molar refractivity (Wildman–Crippen MR) is 476 cm³/mol. The van der Waals surface area contributed by atoms with Crippen LogP contribution in [0.1, 0.15) is 147 Å². The quantitative estimate of drug-likeness (QED) is 0.0126. The summed E-state index contributed by atoms with van der Waals surface area (Å²) < 4.78 is 61.9. The van der Waals surface area contributed by atoms with Crippen molar-refractivity contribution < 1.29 is 146 Å². The van der Waals surface area contributed by atoms with E-state index in [9.17, 15) is 60.7 Å². The van der Waals surface area contributed by atoms with Crippen LogP contribution >= 0.6 is 0 Å². The average Bonchev–Trinajstić information content (AvgIpc) is 0.740. The van der Waals surface area contributed by atoms with Gasteiger partial charge in [0.25, 0.3) is 0 Å². The molecule has 10 rings (SSSR count). The second-order valence-electron chi connectivity index (χ2n) is 36.7. The summed E-state index contributed by atoms with van der Waals surface area (Å²) in [6.45, 7) is 16.4. The molecule has 132 heavy (non-hydrogen) atoms. The summed E-state index contributed by atoms with van der Waals surface area (Å²) in [6, 6.07) is 49.0. The lowest BCUT2D eigenvalue weighted by molar-refractivity contribution is -0.165. The van der Waals surface area contributed by atoms with E-state index in [1.165, 1.54) is 319 Å². The fraction of sp³-hybridized carbons (Fsp3) is 0.314. The number of carbonyl (C=O) groups excluding carboxylic acids is 10. The van der Waals surface area contributed by atoms with Crippen LogP contribution in [-0.4, -0.2) is 111 Å². The highest BCUT2D eigenvalue weighted by Gasteiger charge is 2.62. The van der Waals surface area contributed by atoms with Crippen LogP contribution in [0.2, 0.25) is 0 Å². The van der Waals surface area contributed by atoms with Crippen molar-refractivity contribution in [1.29, 1.82) is 0 Å². The molecule has 9 atom stereocenters. The van der Waals surface area contributed by atoms with E-state index in [-0.39, 0.29) is 121 Å². The second kappa shape index (κ2) is 40.3. The zero-order valence-electron chi connectivity index (χ0n) is 74.8. The summed E-state index contributed by atoms with van der Waals surface area (Å²) in [4.78, 5) is 161. The molecule has 0 aliphatic heterocycles. The molecule has 0 amide bonds. The Morgan fingerprint density at radius 1 is 0.167 bits per heavy atom. The number of rotatable bonds is 39. The van der Waals surface area contributed by atoms with Gasteiger partial charge >= 0.3 is 59.7 Å². The molecule has 0 radical (unpaired) electrons. The summed E-state index contributed by atoms with van der Waals surface area (Å²) in [5, 5.41) is 105. The monoisotopic (exact) mass is 1810 g/mol. The van der Waals surface area contributed by atoms with Crippen molar-refractivity contribution in [1.82, 2.24) is 0 Å². The van der Waals surface area contributed by atoms with E-state index in [0.717, 1.165) is 0 Å². The van der Waals surface area contributed by atoms with Gasteiger partial charge in [-0.05, 0) is 383 Å². The Morgan fingerprint density at radius 2 is 0.265 bits per heavy atom. The number of hydrogen-bond donors (Lipinski definition) is 10. The van der Waals surface area contributed by atoms with Crippen molar-refractivity contribution in [2.45, 2.75) is 147 Å². The van der Waals surface area contributed by atoms with Gasteiger partial charge in [0.15, 0.2) is 0 Å². The van der Waals surface area contributed by atoms with Gasteiger partial charge in [-0.25, -0.2) is 0 Å². The molecule has 30 heteroatoms. The molecule has 0 spiro atoms. The molecule has 0 bridgehead atoms. The van der Waals surface area contributed by atoms with Gasteiger partial charge in [-0.15, -0.1) is 0 Å². The van der Waals surface area contributed by atoms with Gasteiger partial charge in [0, 0.05) is 0 Å². The Hall–Kier alpha value is -15.1. The minimum atomic E-state index is -2.56. The van der Waals surface area contributed by atoms with Gasteiger partial charge in [-0.1, -0.05) is 6.92 Å².